The van der Waals surface area contributed by atoms with Crippen molar-refractivity contribution in [2.75, 3.05) is 0 Å². The number of carbonyl (C=O) groups is 2. The quantitative estimate of drug-likeness (QED) is 0.578. The van der Waals surface area contributed by atoms with Gasteiger partial charge in [0.25, 0.3) is 0 Å². The second kappa shape index (κ2) is 7.44. The average molecular weight is 413 g/mol. The maximum Gasteiger partial charge on any atom is 0.335 e. The number of fused-ring (bicyclic) bond motifs is 1. The van der Waals surface area contributed by atoms with Crippen molar-refractivity contribution in [3.8, 4) is 11.3 Å². The molecule has 7 heteroatoms. The van der Waals surface area contributed by atoms with Crippen LogP contribution >= 0.6 is 11.6 Å². The van der Waals surface area contributed by atoms with Gasteiger partial charge in [0.1, 0.15) is 5.82 Å². The van der Waals surface area contributed by atoms with Gasteiger partial charge in [-0.3, -0.25) is 9.89 Å². The molecule has 0 radical (unpaired) electrons. The number of H-pyrrole nitrogens is 1. The number of Topliss-reactive ketones (excluding diaryl/α,β-unsaturated/α-hetero) is 1. The van der Waals surface area contributed by atoms with Crippen LogP contribution in [0.2, 0.25) is 5.02 Å². The van der Waals surface area contributed by atoms with Crippen LogP contribution in [-0.2, 0) is 6.42 Å². The number of hydrogen-bond donors (Lipinski definition) is 2. The third-order valence-corrected chi connectivity index (χ3v) is 5.72. The molecule has 1 aliphatic rings. The summed E-state index contributed by atoms with van der Waals surface area (Å²) in [6, 6.07) is 9.02. The molecular weight excluding hydrogens is 395 g/mol. The van der Waals surface area contributed by atoms with Crippen molar-refractivity contribution in [2.45, 2.75) is 32.1 Å². The number of carboxylic acid groups (broad SMARTS) is 1. The van der Waals surface area contributed by atoms with E-state index in [4.69, 9.17) is 16.7 Å². The molecule has 1 aromatic heterocycles. The number of hydrogen-bond acceptors (Lipinski definition) is 3. The van der Waals surface area contributed by atoms with Crippen molar-refractivity contribution in [2.24, 2.45) is 0 Å². The van der Waals surface area contributed by atoms with E-state index in [1.54, 1.807) is 12.1 Å². The van der Waals surface area contributed by atoms with E-state index < -0.39 is 17.7 Å². The smallest absolute Gasteiger partial charge is 0.335 e. The SMILES string of the molecule is Cc1cccc(Cl)c1C(=O)C1CCCc2[nH]nc(-c3ccc(C(=O)O)cc3F)c21. The molecule has 148 valence electrons. The summed E-state index contributed by atoms with van der Waals surface area (Å²) < 4.78 is 14.7. The van der Waals surface area contributed by atoms with Crippen molar-refractivity contribution in [1.82, 2.24) is 10.2 Å². The van der Waals surface area contributed by atoms with Crippen molar-refractivity contribution < 1.29 is 19.1 Å². The molecule has 0 aliphatic heterocycles. The van der Waals surface area contributed by atoms with Gasteiger partial charge in [-0.05, 0) is 56.0 Å². The predicted octanol–water partition coefficient (Wildman–Crippen LogP) is 5.18. The summed E-state index contributed by atoms with van der Waals surface area (Å²) >= 11 is 6.31. The summed E-state index contributed by atoms with van der Waals surface area (Å²) in [5.41, 5.74) is 3.10. The molecule has 0 spiro atoms. The number of aromatic carboxylic acids is 1. The molecule has 0 saturated carbocycles. The largest absolute Gasteiger partial charge is 0.478 e. The molecule has 29 heavy (non-hydrogen) atoms. The van der Waals surface area contributed by atoms with Crippen molar-refractivity contribution in [1.29, 1.82) is 0 Å². The molecule has 1 aliphatic carbocycles. The van der Waals surface area contributed by atoms with E-state index in [-0.39, 0.29) is 16.9 Å². The van der Waals surface area contributed by atoms with Crippen LogP contribution in [0.1, 0.15) is 56.3 Å². The minimum absolute atomic E-state index is 0.112. The van der Waals surface area contributed by atoms with Crippen LogP contribution in [0.25, 0.3) is 11.3 Å². The first-order valence-corrected chi connectivity index (χ1v) is 9.66. The first-order valence-electron chi connectivity index (χ1n) is 9.28. The van der Waals surface area contributed by atoms with Gasteiger partial charge in [-0.25, -0.2) is 9.18 Å². The van der Waals surface area contributed by atoms with E-state index in [1.165, 1.54) is 12.1 Å². The number of benzene rings is 2. The van der Waals surface area contributed by atoms with Crippen LogP contribution in [0.4, 0.5) is 4.39 Å². The van der Waals surface area contributed by atoms with Gasteiger partial charge in [0.2, 0.25) is 0 Å². The number of rotatable bonds is 4. The molecule has 0 saturated heterocycles. The minimum atomic E-state index is -1.21. The Morgan fingerprint density at radius 3 is 2.76 bits per heavy atom. The number of ketones is 1. The monoisotopic (exact) mass is 412 g/mol. The maximum absolute atomic E-state index is 14.7. The molecule has 1 heterocycles. The van der Waals surface area contributed by atoms with Gasteiger partial charge < -0.3 is 5.11 Å². The molecule has 1 unspecified atom stereocenters. The number of halogens is 2. The Morgan fingerprint density at radius 2 is 2.07 bits per heavy atom. The first-order chi connectivity index (χ1) is 13.9. The Morgan fingerprint density at radius 1 is 1.28 bits per heavy atom. The standard InChI is InChI=1S/C22H18ClFN2O3/c1-11-4-2-6-15(23)18(11)21(27)14-5-3-7-17-19(14)20(26-25-17)13-9-8-12(22(28)29)10-16(13)24/h2,4,6,8-10,14H,3,5,7H2,1H3,(H,25,26)(H,28,29). The second-order valence-corrected chi connectivity index (χ2v) is 7.61. The fraction of sp³-hybridized carbons (Fsp3) is 0.227. The molecule has 1 atom stereocenters. The number of nitrogens with zero attached hydrogens (tertiary/aromatic N) is 1. The molecule has 0 bridgehead atoms. The summed E-state index contributed by atoms with van der Waals surface area (Å²) in [7, 11) is 0. The van der Waals surface area contributed by atoms with Crippen molar-refractivity contribution >= 4 is 23.4 Å². The van der Waals surface area contributed by atoms with Gasteiger partial charge in [-0.15, -0.1) is 0 Å². The van der Waals surface area contributed by atoms with Gasteiger partial charge in [0.05, 0.1) is 22.2 Å². The zero-order valence-corrected chi connectivity index (χ0v) is 16.4. The van der Waals surface area contributed by atoms with Crippen LogP contribution in [0.15, 0.2) is 36.4 Å². The minimum Gasteiger partial charge on any atom is -0.478 e. The third-order valence-electron chi connectivity index (χ3n) is 5.41. The van der Waals surface area contributed by atoms with Crippen molar-refractivity contribution in [3.63, 3.8) is 0 Å². The molecule has 4 rings (SSSR count). The highest BCUT2D eigenvalue weighted by atomic mass is 35.5. The summed E-state index contributed by atoms with van der Waals surface area (Å²) in [5.74, 6) is -2.50. The highest BCUT2D eigenvalue weighted by molar-refractivity contribution is 6.34. The Hall–Kier alpha value is -2.99. The number of nitrogens with one attached hydrogen (secondary N) is 1. The van der Waals surface area contributed by atoms with Crippen LogP contribution < -0.4 is 0 Å². The lowest BCUT2D eigenvalue weighted by atomic mass is 9.79. The Balaban J connectivity index is 1.82. The molecular formula is C22H18ClFN2O3. The summed E-state index contributed by atoms with van der Waals surface area (Å²) in [5, 5.41) is 16.7. The van der Waals surface area contributed by atoms with E-state index >= 15 is 0 Å². The zero-order chi connectivity index (χ0) is 20.7. The van der Waals surface area contributed by atoms with E-state index in [0.717, 1.165) is 23.7 Å². The maximum atomic E-state index is 14.7. The van der Waals surface area contributed by atoms with Crippen LogP contribution in [-0.4, -0.2) is 27.1 Å². The molecule has 2 aromatic carbocycles. The highest BCUT2D eigenvalue weighted by Crippen LogP contribution is 2.41. The molecule has 0 amide bonds. The van der Waals surface area contributed by atoms with E-state index in [2.05, 4.69) is 10.2 Å². The fourth-order valence-electron chi connectivity index (χ4n) is 4.01. The number of carbonyl (C=O) groups excluding carboxylic acids is 1. The molecule has 3 aromatic rings. The van der Waals surface area contributed by atoms with Crippen molar-refractivity contribution in [3.05, 3.63) is 75.2 Å². The Bertz CT molecular complexity index is 1120. The Kier molecular flexibility index (Phi) is 4.96. The van der Waals surface area contributed by atoms with Gasteiger partial charge in [0, 0.05) is 22.4 Å². The first kappa shape index (κ1) is 19.3. The molecule has 5 nitrogen and oxygen atoms in total. The van der Waals surface area contributed by atoms with E-state index in [9.17, 15) is 14.0 Å². The van der Waals surface area contributed by atoms with E-state index in [0.29, 0.717) is 34.7 Å². The Labute approximate surface area is 171 Å². The van der Waals surface area contributed by atoms with Gasteiger partial charge in [-0.1, -0.05) is 23.7 Å². The topological polar surface area (TPSA) is 83.0 Å². The zero-order valence-electron chi connectivity index (χ0n) is 15.6. The summed E-state index contributed by atoms with van der Waals surface area (Å²) in [4.78, 5) is 24.5. The van der Waals surface area contributed by atoms with Crippen LogP contribution in [0.5, 0.6) is 0 Å². The number of aryl methyl sites for hydroxylation is 2. The normalized spacial score (nSPS) is 15.8. The predicted molar refractivity (Wildman–Crippen MR) is 107 cm³/mol. The number of carboxylic acids is 1. The third kappa shape index (κ3) is 3.34. The van der Waals surface area contributed by atoms with Gasteiger partial charge in [-0.2, -0.15) is 5.10 Å². The number of aromatic nitrogens is 2. The summed E-state index contributed by atoms with van der Waals surface area (Å²) in [6.07, 6.45) is 2.12. The van der Waals surface area contributed by atoms with Gasteiger partial charge in [0.15, 0.2) is 5.78 Å². The lowest BCUT2D eigenvalue weighted by molar-refractivity contribution is 0.0696. The van der Waals surface area contributed by atoms with Crippen LogP contribution in [0, 0.1) is 12.7 Å². The number of aromatic amines is 1. The highest BCUT2D eigenvalue weighted by Gasteiger charge is 2.34. The second-order valence-electron chi connectivity index (χ2n) is 7.21. The molecule has 0 fully saturated rings. The van der Waals surface area contributed by atoms with Crippen LogP contribution in [0.3, 0.4) is 0 Å². The van der Waals surface area contributed by atoms with Gasteiger partial charge >= 0.3 is 5.97 Å². The molecule has 2 N–H and O–H groups in total. The fourth-order valence-corrected chi connectivity index (χ4v) is 4.32. The lowest BCUT2D eigenvalue weighted by Crippen LogP contribution is -2.20. The summed E-state index contributed by atoms with van der Waals surface area (Å²) in [6.45, 7) is 1.84. The van der Waals surface area contributed by atoms with E-state index in [1.807, 2.05) is 13.0 Å². The average Bonchev–Trinajstić information content (AvgIpc) is 3.11. The lowest BCUT2D eigenvalue weighted by Gasteiger charge is -2.23.